The molecule has 0 fully saturated rings. The number of fused-ring (bicyclic) bond motifs is 1. The van der Waals surface area contributed by atoms with Gasteiger partial charge in [-0.2, -0.15) is 13.2 Å². The lowest BCUT2D eigenvalue weighted by molar-refractivity contribution is -0.142. The second-order valence-corrected chi connectivity index (χ2v) is 2.71. The van der Waals surface area contributed by atoms with Crippen molar-refractivity contribution >= 4 is 11.2 Å². The molecule has 0 N–H and O–H groups in total. The van der Waals surface area contributed by atoms with Gasteiger partial charge in [-0.1, -0.05) is 5.21 Å². The average Bonchev–Trinajstić information content (AvgIpc) is 2.47. The van der Waals surface area contributed by atoms with Crippen molar-refractivity contribution in [1.82, 2.24) is 20.0 Å². The summed E-state index contributed by atoms with van der Waals surface area (Å²) in [6.07, 6.45) is -2.84. The highest BCUT2D eigenvalue weighted by atomic mass is 19.4. The second kappa shape index (κ2) is 2.93. The van der Waals surface area contributed by atoms with Crippen LogP contribution in [0.1, 0.15) is 0 Å². The molecule has 2 aromatic rings. The zero-order chi connectivity index (χ0) is 10.2. The molecule has 0 amide bonds. The maximum Gasteiger partial charge on any atom is 0.408 e. The lowest BCUT2D eigenvalue weighted by atomic mass is 10.4. The Morgan fingerprint density at radius 1 is 1.36 bits per heavy atom. The van der Waals surface area contributed by atoms with Gasteiger partial charge in [0.15, 0.2) is 0 Å². The number of pyridine rings is 1. The van der Waals surface area contributed by atoms with Crippen LogP contribution >= 0.6 is 0 Å². The first-order valence-electron chi connectivity index (χ1n) is 3.77. The van der Waals surface area contributed by atoms with Crippen molar-refractivity contribution in [2.24, 2.45) is 0 Å². The number of halogens is 3. The Bertz CT molecular complexity index is 447. The third kappa shape index (κ3) is 1.66. The van der Waals surface area contributed by atoms with E-state index in [9.17, 15) is 13.2 Å². The van der Waals surface area contributed by atoms with Crippen LogP contribution in [0.25, 0.3) is 11.2 Å². The van der Waals surface area contributed by atoms with Gasteiger partial charge >= 0.3 is 6.18 Å². The van der Waals surface area contributed by atoms with E-state index in [2.05, 4.69) is 15.3 Å². The van der Waals surface area contributed by atoms with E-state index in [0.717, 1.165) is 4.68 Å². The van der Waals surface area contributed by atoms with Crippen LogP contribution < -0.4 is 0 Å². The second-order valence-electron chi connectivity index (χ2n) is 2.71. The van der Waals surface area contributed by atoms with E-state index >= 15 is 0 Å². The summed E-state index contributed by atoms with van der Waals surface area (Å²) in [6, 6.07) is 3.03. The van der Waals surface area contributed by atoms with Gasteiger partial charge in [-0.15, -0.1) is 5.10 Å². The standard InChI is InChI=1S/C7H5F3N4/c8-7(9,10)4-14-5-2-1-3-11-6(5)12-13-14/h1-3H,4H2. The van der Waals surface area contributed by atoms with Crippen molar-refractivity contribution in [2.45, 2.75) is 12.7 Å². The maximum absolute atomic E-state index is 12.0. The fourth-order valence-corrected chi connectivity index (χ4v) is 1.10. The van der Waals surface area contributed by atoms with Gasteiger partial charge in [0.1, 0.15) is 12.1 Å². The Kier molecular flexibility index (Phi) is 1.87. The van der Waals surface area contributed by atoms with Crippen molar-refractivity contribution in [3.8, 4) is 0 Å². The molecular formula is C7H5F3N4. The first-order valence-corrected chi connectivity index (χ1v) is 3.77. The minimum atomic E-state index is -4.30. The highest BCUT2D eigenvalue weighted by molar-refractivity contribution is 5.68. The first-order chi connectivity index (χ1) is 6.56. The summed E-state index contributed by atoms with van der Waals surface area (Å²) >= 11 is 0. The maximum atomic E-state index is 12.0. The monoisotopic (exact) mass is 202 g/mol. The van der Waals surface area contributed by atoms with Crippen molar-refractivity contribution in [3.63, 3.8) is 0 Å². The molecule has 2 heterocycles. The van der Waals surface area contributed by atoms with Crippen LogP contribution in [0.3, 0.4) is 0 Å². The van der Waals surface area contributed by atoms with E-state index < -0.39 is 12.7 Å². The largest absolute Gasteiger partial charge is 0.408 e. The van der Waals surface area contributed by atoms with Crippen molar-refractivity contribution < 1.29 is 13.2 Å². The number of rotatable bonds is 1. The van der Waals surface area contributed by atoms with Crippen LogP contribution in [0, 0.1) is 0 Å². The number of hydrogen-bond acceptors (Lipinski definition) is 3. The SMILES string of the molecule is FC(F)(F)Cn1nnc2ncccc21. The van der Waals surface area contributed by atoms with Gasteiger partial charge in [-0.25, -0.2) is 9.67 Å². The van der Waals surface area contributed by atoms with Gasteiger partial charge in [-0.05, 0) is 12.1 Å². The molecule has 74 valence electrons. The third-order valence-electron chi connectivity index (χ3n) is 1.62. The molecule has 2 rings (SSSR count). The number of hydrogen-bond donors (Lipinski definition) is 0. The molecule has 0 saturated carbocycles. The minimum Gasteiger partial charge on any atom is -0.234 e. The Hall–Kier alpha value is -1.66. The molecule has 0 radical (unpaired) electrons. The third-order valence-corrected chi connectivity index (χ3v) is 1.62. The first kappa shape index (κ1) is 8.92. The van der Waals surface area contributed by atoms with E-state index in [0.29, 0.717) is 0 Å². The number of alkyl halides is 3. The minimum absolute atomic E-state index is 0.219. The fraction of sp³-hybridized carbons (Fsp3) is 0.286. The molecule has 0 aromatic carbocycles. The van der Waals surface area contributed by atoms with Crippen LogP contribution in [0.5, 0.6) is 0 Å². The smallest absolute Gasteiger partial charge is 0.234 e. The molecule has 4 nitrogen and oxygen atoms in total. The van der Waals surface area contributed by atoms with Crippen LogP contribution in [-0.2, 0) is 6.54 Å². The topological polar surface area (TPSA) is 43.6 Å². The van der Waals surface area contributed by atoms with E-state index in [1.54, 1.807) is 6.07 Å². The van der Waals surface area contributed by atoms with Gasteiger partial charge in [0.05, 0.1) is 0 Å². The van der Waals surface area contributed by atoms with Crippen molar-refractivity contribution in [2.75, 3.05) is 0 Å². The summed E-state index contributed by atoms with van der Waals surface area (Å²) in [7, 11) is 0. The van der Waals surface area contributed by atoms with Gasteiger partial charge < -0.3 is 0 Å². The summed E-state index contributed by atoms with van der Waals surface area (Å²) in [6.45, 7) is -1.14. The quantitative estimate of drug-likeness (QED) is 0.701. The number of nitrogens with zero attached hydrogens (tertiary/aromatic N) is 4. The molecule has 0 aliphatic carbocycles. The van der Waals surface area contributed by atoms with Crippen LogP contribution in [0.2, 0.25) is 0 Å². The summed E-state index contributed by atoms with van der Waals surface area (Å²) in [5, 5.41) is 6.87. The van der Waals surface area contributed by atoms with Gasteiger partial charge in [0.25, 0.3) is 0 Å². The highest BCUT2D eigenvalue weighted by Crippen LogP contribution is 2.19. The Balaban J connectivity index is 2.44. The van der Waals surface area contributed by atoms with Crippen molar-refractivity contribution in [3.05, 3.63) is 18.3 Å². The van der Waals surface area contributed by atoms with E-state index in [-0.39, 0.29) is 11.2 Å². The predicted octanol–water partition coefficient (Wildman–Crippen LogP) is 1.39. The zero-order valence-corrected chi connectivity index (χ0v) is 6.86. The molecule has 0 bridgehead atoms. The average molecular weight is 202 g/mol. The Labute approximate surface area is 76.4 Å². The van der Waals surface area contributed by atoms with Gasteiger partial charge in [-0.3, -0.25) is 0 Å². The van der Waals surface area contributed by atoms with Crippen LogP contribution in [0.4, 0.5) is 13.2 Å². The molecular weight excluding hydrogens is 197 g/mol. The summed E-state index contributed by atoms with van der Waals surface area (Å²) in [5.74, 6) is 0. The van der Waals surface area contributed by atoms with E-state index in [1.807, 2.05) is 0 Å². The lowest BCUT2D eigenvalue weighted by Crippen LogP contribution is -2.18. The fourth-order valence-electron chi connectivity index (χ4n) is 1.10. The lowest BCUT2D eigenvalue weighted by Gasteiger charge is -2.05. The number of aromatic nitrogens is 4. The van der Waals surface area contributed by atoms with Crippen molar-refractivity contribution in [1.29, 1.82) is 0 Å². The molecule has 7 heteroatoms. The molecule has 0 saturated heterocycles. The molecule has 14 heavy (non-hydrogen) atoms. The summed E-state index contributed by atoms with van der Waals surface area (Å²) in [5.41, 5.74) is 0.501. The molecule has 0 aliphatic rings. The van der Waals surface area contributed by atoms with Crippen LogP contribution in [-0.4, -0.2) is 26.2 Å². The highest BCUT2D eigenvalue weighted by Gasteiger charge is 2.29. The molecule has 0 unspecified atom stereocenters. The zero-order valence-electron chi connectivity index (χ0n) is 6.86. The van der Waals surface area contributed by atoms with Gasteiger partial charge in [0.2, 0.25) is 5.65 Å². The molecule has 0 aliphatic heterocycles. The predicted molar refractivity (Wildman–Crippen MR) is 41.4 cm³/mol. The summed E-state index contributed by atoms with van der Waals surface area (Å²) < 4.78 is 36.9. The molecule has 0 atom stereocenters. The molecule has 0 spiro atoms. The van der Waals surface area contributed by atoms with Crippen LogP contribution in [0.15, 0.2) is 18.3 Å². The normalized spacial score (nSPS) is 12.2. The van der Waals surface area contributed by atoms with E-state index in [4.69, 9.17) is 0 Å². The summed E-state index contributed by atoms with van der Waals surface area (Å²) in [4.78, 5) is 3.77. The Morgan fingerprint density at radius 3 is 2.86 bits per heavy atom. The van der Waals surface area contributed by atoms with Gasteiger partial charge in [0, 0.05) is 6.20 Å². The van der Waals surface area contributed by atoms with E-state index in [1.165, 1.54) is 12.3 Å². The molecule has 2 aromatic heterocycles. The Morgan fingerprint density at radius 2 is 2.14 bits per heavy atom.